The summed E-state index contributed by atoms with van der Waals surface area (Å²) in [5, 5.41) is 45.0. The van der Waals surface area contributed by atoms with E-state index in [2.05, 4.69) is 0 Å². The fraction of sp³-hybridized carbons (Fsp3) is 0.750. The van der Waals surface area contributed by atoms with Gasteiger partial charge >= 0.3 is 5.97 Å². The molecule has 0 bridgehead atoms. The number of hydrogen-bond acceptors (Lipinski definition) is 9. The Balaban J connectivity index is 1.78. The molecule has 41 heavy (non-hydrogen) atoms. The lowest BCUT2D eigenvalue weighted by Gasteiger charge is -2.64. The second-order valence-corrected chi connectivity index (χ2v) is 14.7. The van der Waals surface area contributed by atoms with Gasteiger partial charge in [-0.05, 0) is 62.5 Å². The van der Waals surface area contributed by atoms with Crippen LogP contribution in [0.3, 0.4) is 0 Å². The van der Waals surface area contributed by atoms with Gasteiger partial charge in [-0.25, -0.2) is 0 Å². The first kappa shape index (κ1) is 31.7. The van der Waals surface area contributed by atoms with Crippen LogP contribution in [0, 0.1) is 39.4 Å². The minimum atomic E-state index is -2.06. The van der Waals surface area contributed by atoms with Crippen LogP contribution in [-0.4, -0.2) is 73.8 Å². The highest BCUT2D eigenvalue weighted by atomic mass is 16.6. The monoisotopic (exact) mass is 574 g/mol. The summed E-state index contributed by atoms with van der Waals surface area (Å²) < 4.78 is 5.22. The van der Waals surface area contributed by atoms with Gasteiger partial charge in [0.05, 0.1) is 18.1 Å². The molecule has 0 unspecified atom stereocenters. The van der Waals surface area contributed by atoms with Crippen molar-refractivity contribution in [3.05, 3.63) is 23.8 Å². The molecule has 0 spiro atoms. The Hall–Kier alpha value is -2.20. The van der Waals surface area contributed by atoms with Crippen LogP contribution in [0.4, 0.5) is 0 Å². The van der Waals surface area contributed by atoms with Crippen LogP contribution in [0.25, 0.3) is 0 Å². The van der Waals surface area contributed by atoms with E-state index in [4.69, 9.17) is 4.74 Å². The van der Waals surface area contributed by atoms with Gasteiger partial charge in [0.1, 0.15) is 23.1 Å². The predicted molar refractivity (Wildman–Crippen MR) is 149 cm³/mol. The number of carbonyl (C=O) groups excluding carboxylic acids is 4. The Morgan fingerprint density at radius 1 is 1.10 bits per heavy atom. The summed E-state index contributed by atoms with van der Waals surface area (Å²) in [5.41, 5.74) is -6.35. The molecule has 9 atom stereocenters. The number of fused-ring (bicyclic) bond motifs is 5. The summed E-state index contributed by atoms with van der Waals surface area (Å²) in [6.45, 7) is 12.7. The maximum absolute atomic E-state index is 14.4. The first-order valence-corrected chi connectivity index (χ1v) is 14.5. The van der Waals surface area contributed by atoms with Crippen molar-refractivity contribution in [2.24, 2.45) is 39.4 Å². The number of carbonyl (C=O) groups is 4. The highest BCUT2D eigenvalue weighted by molar-refractivity contribution is 5.97. The van der Waals surface area contributed by atoms with E-state index in [0.717, 1.165) is 11.6 Å². The molecule has 3 fully saturated rings. The van der Waals surface area contributed by atoms with Crippen molar-refractivity contribution in [1.82, 2.24) is 0 Å². The number of ketones is 3. The van der Waals surface area contributed by atoms with Gasteiger partial charge in [0.2, 0.25) is 0 Å². The smallest absolute Gasteiger partial charge is 0.303 e. The highest BCUT2D eigenvalue weighted by Gasteiger charge is 2.75. The maximum Gasteiger partial charge on any atom is 0.303 e. The third-order valence-corrected chi connectivity index (χ3v) is 11.6. The fourth-order valence-electron chi connectivity index (χ4n) is 9.43. The summed E-state index contributed by atoms with van der Waals surface area (Å²) in [4.78, 5) is 52.2. The number of aliphatic hydroxyl groups excluding tert-OH is 3. The molecule has 0 aromatic rings. The zero-order chi connectivity index (χ0) is 31.1. The van der Waals surface area contributed by atoms with Crippen LogP contribution in [-0.2, 0) is 23.9 Å². The first-order chi connectivity index (χ1) is 18.6. The van der Waals surface area contributed by atoms with Crippen molar-refractivity contribution < 1.29 is 44.3 Å². The Bertz CT molecular complexity index is 1230. The van der Waals surface area contributed by atoms with Gasteiger partial charge in [-0.1, -0.05) is 39.3 Å². The number of ether oxygens (including phenoxy) is 1. The Kier molecular flexibility index (Phi) is 7.47. The number of rotatable bonds is 6. The van der Waals surface area contributed by atoms with Crippen molar-refractivity contribution in [1.29, 1.82) is 0 Å². The molecular formula is C32H46O9. The summed E-state index contributed by atoms with van der Waals surface area (Å²) in [7, 11) is 0. The molecule has 0 amide bonds. The van der Waals surface area contributed by atoms with E-state index in [1.54, 1.807) is 27.7 Å². The van der Waals surface area contributed by atoms with Crippen LogP contribution < -0.4 is 0 Å². The zero-order valence-electron chi connectivity index (χ0n) is 25.5. The lowest BCUT2D eigenvalue weighted by Crippen LogP contribution is -2.67. The van der Waals surface area contributed by atoms with Gasteiger partial charge in [-0.15, -0.1) is 0 Å². The van der Waals surface area contributed by atoms with E-state index in [1.165, 1.54) is 19.9 Å². The fourth-order valence-corrected chi connectivity index (χ4v) is 9.43. The molecule has 0 aliphatic heterocycles. The van der Waals surface area contributed by atoms with Gasteiger partial charge in [-0.3, -0.25) is 19.2 Å². The lowest BCUT2D eigenvalue weighted by atomic mass is 9.38. The van der Waals surface area contributed by atoms with Gasteiger partial charge in [0.15, 0.2) is 11.6 Å². The molecule has 4 rings (SSSR count). The predicted octanol–water partition coefficient (Wildman–Crippen LogP) is 2.47. The summed E-state index contributed by atoms with van der Waals surface area (Å²) in [6, 6.07) is 0. The van der Waals surface area contributed by atoms with Gasteiger partial charge in [-0.2, -0.15) is 0 Å². The number of Topliss-reactive ketones (excluding diaryl/α,β-unsaturated/α-hetero) is 2. The third-order valence-electron chi connectivity index (χ3n) is 11.6. The molecule has 0 saturated heterocycles. The van der Waals surface area contributed by atoms with E-state index in [9.17, 15) is 39.6 Å². The van der Waals surface area contributed by atoms with E-state index in [-0.39, 0.29) is 30.8 Å². The molecule has 9 heteroatoms. The van der Waals surface area contributed by atoms with Crippen LogP contribution >= 0.6 is 0 Å². The Morgan fingerprint density at radius 2 is 1.71 bits per heavy atom. The Morgan fingerprint density at radius 3 is 2.27 bits per heavy atom. The van der Waals surface area contributed by atoms with Crippen LogP contribution in [0.5, 0.6) is 0 Å². The number of esters is 1. The second-order valence-electron chi connectivity index (χ2n) is 14.7. The van der Waals surface area contributed by atoms with Crippen LogP contribution in [0.1, 0.15) is 81.1 Å². The number of allylic oxidation sites excluding steroid dienone is 1. The van der Waals surface area contributed by atoms with E-state index < -0.39 is 81.2 Å². The lowest BCUT2D eigenvalue weighted by molar-refractivity contribution is -0.191. The van der Waals surface area contributed by atoms with Crippen molar-refractivity contribution in [2.45, 2.75) is 104 Å². The summed E-state index contributed by atoms with van der Waals surface area (Å²) in [5.74, 6) is -3.89. The Labute approximate surface area is 242 Å². The number of aliphatic hydroxyl groups is 4. The molecule has 0 aromatic carbocycles. The van der Waals surface area contributed by atoms with Crippen LogP contribution in [0.15, 0.2) is 23.8 Å². The summed E-state index contributed by atoms with van der Waals surface area (Å²) in [6.07, 6.45) is 2.64. The first-order valence-electron chi connectivity index (χ1n) is 14.5. The minimum absolute atomic E-state index is 0.0584. The molecule has 4 N–H and O–H groups in total. The average Bonchev–Trinajstić information content (AvgIpc) is 3.05. The SMILES string of the molecule is CC(=O)OC(C)(C)/C=C/C(=O)[C@](C)(O)[C@H]1[C@H](O)C[C@@]2(C)[C@@H]3CC=C4[C@@H](CC(=O)[C@H](O)C4(C)C)[C@]3(CO)C(=O)C[C@]12C. The van der Waals surface area contributed by atoms with Gasteiger partial charge in [0.25, 0.3) is 0 Å². The van der Waals surface area contributed by atoms with E-state index >= 15 is 0 Å². The molecule has 0 aromatic heterocycles. The van der Waals surface area contributed by atoms with Gasteiger partial charge < -0.3 is 25.2 Å². The van der Waals surface area contributed by atoms with Crippen LogP contribution in [0.2, 0.25) is 0 Å². The third kappa shape index (κ3) is 4.33. The average molecular weight is 575 g/mol. The number of hydrogen-bond donors (Lipinski definition) is 4. The molecule has 0 radical (unpaired) electrons. The van der Waals surface area contributed by atoms with Crippen molar-refractivity contribution in [3.8, 4) is 0 Å². The largest absolute Gasteiger partial charge is 0.456 e. The van der Waals surface area contributed by atoms with E-state index in [0.29, 0.717) is 6.42 Å². The normalized spacial score (nSPS) is 41.7. The summed E-state index contributed by atoms with van der Waals surface area (Å²) >= 11 is 0. The van der Waals surface area contributed by atoms with Crippen molar-refractivity contribution in [2.75, 3.05) is 6.61 Å². The molecule has 9 nitrogen and oxygen atoms in total. The van der Waals surface area contributed by atoms with Crippen molar-refractivity contribution >= 4 is 23.3 Å². The molecule has 0 heterocycles. The molecule has 4 aliphatic carbocycles. The second kappa shape index (κ2) is 9.66. The molecule has 4 aliphatic rings. The van der Waals surface area contributed by atoms with Gasteiger partial charge in [0, 0.05) is 37.0 Å². The molecular weight excluding hydrogens is 528 g/mol. The topological polar surface area (TPSA) is 158 Å². The molecule has 228 valence electrons. The quantitative estimate of drug-likeness (QED) is 0.212. The zero-order valence-corrected chi connectivity index (χ0v) is 25.5. The van der Waals surface area contributed by atoms with Crippen molar-refractivity contribution in [3.63, 3.8) is 0 Å². The standard InChI is InChI=1S/C32H46O9/c1-17(34)41-27(2,3)12-11-23(37)31(8,40)25-21(36)14-29(6)22-10-9-18-19(13-20(35)26(39)28(18,4)5)32(22,16-33)24(38)15-30(25,29)7/h9,11-12,19,21-22,25-26,33,36,39-40H,10,13-16H2,1-8H3/b12-11+/t19-,21-,22+,25+,26+,29+,30-,31+,32+/m1/s1. The maximum atomic E-state index is 14.4. The molecule has 3 saturated carbocycles. The highest BCUT2D eigenvalue weighted by Crippen LogP contribution is 2.74. The minimum Gasteiger partial charge on any atom is -0.456 e. The van der Waals surface area contributed by atoms with E-state index in [1.807, 2.05) is 19.9 Å².